The van der Waals surface area contributed by atoms with Crippen molar-refractivity contribution in [1.82, 2.24) is 15.2 Å². The Morgan fingerprint density at radius 3 is 2.68 bits per heavy atom. The Hall–Kier alpha value is -3.36. The van der Waals surface area contributed by atoms with Gasteiger partial charge in [-0.25, -0.2) is 14.6 Å². The Morgan fingerprint density at radius 1 is 1.22 bits per heavy atom. The summed E-state index contributed by atoms with van der Waals surface area (Å²) in [5, 5.41) is 14.5. The summed E-state index contributed by atoms with van der Waals surface area (Å²) in [5.41, 5.74) is 0.204. The number of ether oxygens (including phenoxy) is 2. The van der Waals surface area contributed by atoms with Crippen molar-refractivity contribution >= 4 is 28.7 Å². The molecule has 0 radical (unpaired) electrons. The van der Waals surface area contributed by atoms with Crippen LogP contribution in [0.3, 0.4) is 0 Å². The molecule has 200 valence electrons. The SMILES string of the molecule is CC1(C)CCCc2ccc3ccnc(c3c2)O[C@@H]2C[C@@H](C(=O)O)N(C2)C(=O)[C@H](C(C)(C)C)NC(=O)OC1. The molecule has 2 aliphatic rings. The molecule has 1 saturated heterocycles. The lowest BCUT2D eigenvalue weighted by Crippen LogP contribution is -2.57. The van der Waals surface area contributed by atoms with Crippen LogP contribution < -0.4 is 10.1 Å². The smallest absolute Gasteiger partial charge is 0.407 e. The van der Waals surface area contributed by atoms with Gasteiger partial charge in [-0.15, -0.1) is 0 Å². The molecule has 37 heavy (non-hydrogen) atoms. The van der Waals surface area contributed by atoms with E-state index < -0.39 is 41.6 Å². The van der Waals surface area contributed by atoms with Crippen LogP contribution in [0.2, 0.25) is 0 Å². The van der Waals surface area contributed by atoms with Crippen LogP contribution >= 0.6 is 0 Å². The highest BCUT2D eigenvalue weighted by Crippen LogP contribution is 2.32. The molecule has 1 aromatic carbocycles. The number of hydrogen-bond acceptors (Lipinski definition) is 6. The molecule has 3 heterocycles. The van der Waals surface area contributed by atoms with Crippen LogP contribution in [0.25, 0.3) is 10.8 Å². The lowest BCUT2D eigenvalue weighted by molar-refractivity contribution is -0.150. The van der Waals surface area contributed by atoms with E-state index in [9.17, 15) is 19.5 Å². The molecule has 0 saturated carbocycles. The van der Waals surface area contributed by atoms with E-state index in [1.807, 2.05) is 46.8 Å². The van der Waals surface area contributed by atoms with Crippen LogP contribution in [0.4, 0.5) is 4.79 Å². The van der Waals surface area contributed by atoms with Crippen LogP contribution in [0, 0.1) is 10.8 Å². The lowest BCUT2D eigenvalue weighted by atomic mass is 9.85. The number of carbonyl (C=O) groups is 3. The van der Waals surface area contributed by atoms with Gasteiger partial charge >= 0.3 is 12.1 Å². The summed E-state index contributed by atoms with van der Waals surface area (Å²) < 4.78 is 11.8. The van der Waals surface area contributed by atoms with E-state index in [0.29, 0.717) is 5.88 Å². The zero-order valence-electron chi connectivity index (χ0n) is 22.2. The Labute approximate surface area is 217 Å². The number of cyclic esters (lactones) is 1. The average Bonchev–Trinajstić information content (AvgIpc) is 3.24. The van der Waals surface area contributed by atoms with Crippen LogP contribution in [0.15, 0.2) is 30.5 Å². The maximum absolute atomic E-state index is 13.7. The van der Waals surface area contributed by atoms with Gasteiger partial charge in [-0.3, -0.25) is 4.79 Å². The molecule has 3 atom stereocenters. The molecule has 2 N–H and O–H groups in total. The first kappa shape index (κ1) is 26.7. The van der Waals surface area contributed by atoms with Crippen molar-refractivity contribution in [2.75, 3.05) is 13.2 Å². The minimum absolute atomic E-state index is 0.0733. The summed E-state index contributed by atoms with van der Waals surface area (Å²) in [4.78, 5) is 44.3. The molecule has 1 fully saturated rings. The number of aliphatic carboxylic acids is 1. The quantitative estimate of drug-likeness (QED) is 0.590. The van der Waals surface area contributed by atoms with E-state index in [1.54, 1.807) is 6.20 Å². The van der Waals surface area contributed by atoms with Crippen molar-refractivity contribution in [1.29, 1.82) is 0 Å². The van der Waals surface area contributed by atoms with Crippen LogP contribution in [-0.2, 0) is 20.7 Å². The first-order valence-corrected chi connectivity index (χ1v) is 12.8. The number of aromatic nitrogens is 1. The average molecular weight is 512 g/mol. The molecule has 4 bridgehead atoms. The summed E-state index contributed by atoms with van der Waals surface area (Å²) in [7, 11) is 0. The zero-order chi connectivity index (χ0) is 27.0. The van der Waals surface area contributed by atoms with Gasteiger partial charge in [0.25, 0.3) is 0 Å². The van der Waals surface area contributed by atoms with Gasteiger partial charge in [0.2, 0.25) is 11.8 Å². The lowest BCUT2D eigenvalue weighted by Gasteiger charge is -2.34. The van der Waals surface area contributed by atoms with Crippen LogP contribution in [-0.4, -0.2) is 64.3 Å². The molecular formula is C28H37N3O6. The van der Waals surface area contributed by atoms with Gasteiger partial charge in [0, 0.05) is 18.0 Å². The number of fused-ring (bicyclic) bond motifs is 3. The fraction of sp³-hybridized carbons (Fsp3) is 0.571. The van der Waals surface area contributed by atoms with Gasteiger partial charge in [0.05, 0.1) is 13.2 Å². The Balaban J connectivity index is 1.72. The molecular weight excluding hydrogens is 474 g/mol. The van der Waals surface area contributed by atoms with Crippen molar-refractivity contribution in [2.45, 2.75) is 78.5 Å². The number of carboxylic acid groups (broad SMARTS) is 1. The van der Waals surface area contributed by atoms with Crippen LogP contribution in [0.5, 0.6) is 5.88 Å². The molecule has 9 heteroatoms. The molecule has 0 unspecified atom stereocenters. The Morgan fingerprint density at radius 2 is 1.97 bits per heavy atom. The molecule has 2 aromatic rings. The van der Waals surface area contributed by atoms with Gasteiger partial charge in [-0.1, -0.05) is 46.8 Å². The minimum atomic E-state index is -1.12. The third-order valence-electron chi connectivity index (χ3n) is 7.19. The summed E-state index contributed by atoms with van der Waals surface area (Å²) in [5.74, 6) is -1.16. The van der Waals surface area contributed by atoms with Gasteiger partial charge < -0.3 is 24.8 Å². The summed E-state index contributed by atoms with van der Waals surface area (Å²) in [6.45, 7) is 9.83. The van der Waals surface area contributed by atoms with E-state index in [1.165, 1.54) is 4.90 Å². The first-order valence-electron chi connectivity index (χ1n) is 12.8. The van der Waals surface area contributed by atoms with E-state index in [2.05, 4.69) is 22.4 Å². The number of carbonyl (C=O) groups excluding carboxylic acids is 2. The van der Waals surface area contributed by atoms with Crippen molar-refractivity contribution in [3.63, 3.8) is 0 Å². The maximum Gasteiger partial charge on any atom is 0.407 e. The normalized spacial score (nSPS) is 25.1. The van der Waals surface area contributed by atoms with Crippen LogP contribution in [0.1, 0.15) is 59.4 Å². The molecule has 1 aromatic heterocycles. The molecule has 2 amide bonds. The van der Waals surface area contributed by atoms with Crippen molar-refractivity contribution < 1.29 is 29.0 Å². The third kappa shape index (κ3) is 6.14. The second-order valence-electron chi connectivity index (χ2n) is 12.0. The Kier molecular flexibility index (Phi) is 7.35. The number of hydrogen-bond donors (Lipinski definition) is 2. The number of amides is 2. The van der Waals surface area contributed by atoms with Gasteiger partial charge in [-0.2, -0.15) is 0 Å². The fourth-order valence-corrected chi connectivity index (χ4v) is 5.03. The third-order valence-corrected chi connectivity index (χ3v) is 7.19. The van der Waals surface area contributed by atoms with Gasteiger partial charge in [-0.05, 0) is 53.2 Å². The predicted octanol–water partition coefficient (Wildman–Crippen LogP) is 4.17. The fourth-order valence-electron chi connectivity index (χ4n) is 5.03. The van der Waals surface area contributed by atoms with E-state index >= 15 is 0 Å². The molecule has 2 aliphatic heterocycles. The number of pyridine rings is 1. The van der Waals surface area contributed by atoms with Crippen molar-refractivity contribution in [2.24, 2.45) is 10.8 Å². The standard InChI is InChI=1S/C28H37N3O6/c1-27(2,3)22-24(32)31-15-19(14-21(31)25(33)34)37-23-20-13-17(8-9-18(20)10-12-29-23)7-6-11-28(4,5)16-36-26(35)30-22/h8-10,12-13,19,21-22H,6-7,11,14-16H2,1-5H3,(H,30,35)(H,33,34)/t19-,21+,22-/m1/s1. The highest BCUT2D eigenvalue weighted by atomic mass is 16.5. The van der Waals surface area contributed by atoms with E-state index in [4.69, 9.17) is 9.47 Å². The topological polar surface area (TPSA) is 118 Å². The minimum Gasteiger partial charge on any atom is -0.480 e. The Bertz CT molecular complexity index is 1190. The first-order chi connectivity index (χ1) is 17.3. The van der Waals surface area contributed by atoms with E-state index in [0.717, 1.165) is 35.6 Å². The van der Waals surface area contributed by atoms with Gasteiger partial charge in [0.1, 0.15) is 18.2 Å². The number of nitrogens with one attached hydrogen (secondary N) is 1. The molecule has 4 rings (SSSR count). The number of nitrogens with zero attached hydrogens (tertiary/aromatic N) is 2. The molecule has 0 aliphatic carbocycles. The highest BCUT2D eigenvalue weighted by Gasteiger charge is 2.46. The monoisotopic (exact) mass is 511 g/mol. The number of carboxylic acids is 1. The predicted molar refractivity (Wildman–Crippen MR) is 138 cm³/mol. The summed E-state index contributed by atoms with van der Waals surface area (Å²) in [6, 6.07) is 6.06. The van der Waals surface area contributed by atoms with E-state index in [-0.39, 0.29) is 25.0 Å². The summed E-state index contributed by atoms with van der Waals surface area (Å²) >= 11 is 0. The molecule has 0 spiro atoms. The van der Waals surface area contributed by atoms with Gasteiger partial charge in [0.15, 0.2) is 0 Å². The number of aryl methyl sites for hydroxylation is 1. The second-order valence-corrected chi connectivity index (χ2v) is 12.0. The second kappa shape index (κ2) is 10.2. The molecule has 9 nitrogen and oxygen atoms in total. The number of alkyl carbamates (subject to hydrolysis) is 1. The maximum atomic E-state index is 13.7. The number of benzene rings is 1. The zero-order valence-corrected chi connectivity index (χ0v) is 22.2. The summed E-state index contributed by atoms with van der Waals surface area (Å²) in [6.07, 6.45) is 3.13. The van der Waals surface area contributed by atoms with Crippen molar-refractivity contribution in [3.8, 4) is 5.88 Å². The highest BCUT2D eigenvalue weighted by molar-refractivity contribution is 5.91. The largest absolute Gasteiger partial charge is 0.480 e. The van der Waals surface area contributed by atoms with Crippen molar-refractivity contribution in [3.05, 3.63) is 36.0 Å². The number of rotatable bonds is 1.